The molecule has 1 aromatic carbocycles. The molecule has 0 fully saturated rings. The lowest BCUT2D eigenvalue weighted by molar-refractivity contribution is 0.936. The van der Waals surface area contributed by atoms with E-state index in [1.165, 1.54) is 0 Å². The SMILES string of the molecule is N#Cc1cccc(Cl)c1CCCBr. The molecule has 0 spiro atoms. The summed E-state index contributed by atoms with van der Waals surface area (Å²) in [7, 11) is 0. The van der Waals surface area contributed by atoms with Gasteiger partial charge in [-0.3, -0.25) is 0 Å². The van der Waals surface area contributed by atoms with Crippen LogP contribution in [0.1, 0.15) is 17.5 Å². The Balaban J connectivity index is 2.95. The Morgan fingerprint density at radius 1 is 1.46 bits per heavy atom. The fourth-order valence-electron chi connectivity index (χ4n) is 1.16. The number of hydrogen-bond donors (Lipinski definition) is 0. The first-order valence-corrected chi connectivity index (χ1v) is 5.53. The van der Waals surface area contributed by atoms with Crippen molar-refractivity contribution >= 4 is 27.5 Å². The number of halogens is 2. The van der Waals surface area contributed by atoms with Crippen molar-refractivity contribution in [3.63, 3.8) is 0 Å². The second kappa shape index (κ2) is 5.26. The summed E-state index contributed by atoms with van der Waals surface area (Å²) in [6.07, 6.45) is 1.85. The van der Waals surface area contributed by atoms with Gasteiger partial charge in [-0.2, -0.15) is 5.26 Å². The molecule has 1 aromatic rings. The Bertz CT molecular complexity index is 330. The molecule has 0 unspecified atom stereocenters. The molecule has 0 N–H and O–H groups in total. The second-order valence-corrected chi connectivity index (χ2v) is 3.87. The van der Waals surface area contributed by atoms with Crippen molar-refractivity contribution in [1.29, 1.82) is 5.26 Å². The van der Waals surface area contributed by atoms with Crippen LogP contribution in [-0.4, -0.2) is 5.33 Å². The van der Waals surface area contributed by atoms with E-state index in [0.29, 0.717) is 10.6 Å². The Morgan fingerprint density at radius 3 is 2.85 bits per heavy atom. The molecule has 0 radical (unpaired) electrons. The van der Waals surface area contributed by atoms with Crippen LogP contribution in [0, 0.1) is 11.3 Å². The molecule has 3 heteroatoms. The number of alkyl halides is 1. The Labute approximate surface area is 91.5 Å². The summed E-state index contributed by atoms with van der Waals surface area (Å²) in [6, 6.07) is 7.58. The van der Waals surface area contributed by atoms with E-state index in [1.807, 2.05) is 6.07 Å². The maximum atomic E-state index is 8.82. The molecule has 0 bridgehead atoms. The molecule has 0 amide bonds. The lowest BCUT2D eigenvalue weighted by atomic mass is 10.0. The average Bonchev–Trinajstić information content (AvgIpc) is 2.15. The monoisotopic (exact) mass is 257 g/mol. The summed E-state index contributed by atoms with van der Waals surface area (Å²) in [5.74, 6) is 0. The van der Waals surface area contributed by atoms with Gasteiger partial charge < -0.3 is 0 Å². The quantitative estimate of drug-likeness (QED) is 0.761. The van der Waals surface area contributed by atoms with Gasteiger partial charge in [-0.05, 0) is 30.5 Å². The third kappa shape index (κ3) is 2.72. The normalized spacial score (nSPS) is 9.62. The van der Waals surface area contributed by atoms with Crippen molar-refractivity contribution in [3.8, 4) is 6.07 Å². The molecule has 0 aliphatic rings. The van der Waals surface area contributed by atoms with Crippen LogP contribution in [0.4, 0.5) is 0 Å². The third-order valence-corrected chi connectivity index (χ3v) is 2.71. The number of nitriles is 1. The van der Waals surface area contributed by atoms with Gasteiger partial charge in [0.1, 0.15) is 0 Å². The van der Waals surface area contributed by atoms with E-state index >= 15 is 0 Å². The molecular weight excluding hydrogens is 249 g/mol. The molecule has 0 atom stereocenters. The van der Waals surface area contributed by atoms with Crippen LogP contribution < -0.4 is 0 Å². The molecule has 0 aliphatic heterocycles. The molecule has 68 valence electrons. The number of nitrogens with zero attached hydrogens (tertiary/aromatic N) is 1. The van der Waals surface area contributed by atoms with Gasteiger partial charge in [0.15, 0.2) is 0 Å². The van der Waals surface area contributed by atoms with E-state index < -0.39 is 0 Å². The van der Waals surface area contributed by atoms with Crippen molar-refractivity contribution in [2.45, 2.75) is 12.8 Å². The topological polar surface area (TPSA) is 23.8 Å². The highest BCUT2D eigenvalue weighted by atomic mass is 79.9. The maximum Gasteiger partial charge on any atom is 0.0995 e. The number of hydrogen-bond acceptors (Lipinski definition) is 1. The lowest BCUT2D eigenvalue weighted by Gasteiger charge is -2.04. The van der Waals surface area contributed by atoms with Crippen molar-refractivity contribution in [1.82, 2.24) is 0 Å². The van der Waals surface area contributed by atoms with Crippen LogP contribution >= 0.6 is 27.5 Å². The summed E-state index contributed by atoms with van der Waals surface area (Å²) < 4.78 is 0. The molecular formula is C10H9BrClN. The van der Waals surface area contributed by atoms with Crippen molar-refractivity contribution < 1.29 is 0 Å². The van der Waals surface area contributed by atoms with Crippen LogP contribution in [0.25, 0.3) is 0 Å². The average molecular weight is 259 g/mol. The van der Waals surface area contributed by atoms with Gasteiger partial charge >= 0.3 is 0 Å². The largest absolute Gasteiger partial charge is 0.192 e. The molecule has 13 heavy (non-hydrogen) atoms. The van der Waals surface area contributed by atoms with Crippen molar-refractivity contribution in [2.75, 3.05) is 5.33 Å². The van der Waals surface area contributed by atoms with Crippen LogP contribution in [0.15, 0.2) is 18.2 Å². The van der Waals surface area contributed by atoms with Crippen molar-refractivity contribution in [3.05, 3.63) is 34.3 Å². The summed E-state index contributed by atoms with van der Waals surface area (Å²) in [5.41, 5.74) is 1.65. The highest BCUT2D eigenvalue weighted by molar-refractivity contribution is 9.09. The predicted octanol–water partition coefficient (Wildman–Crippen LogP) is 3.54. The van der Waals surface area contributed by atoms with E-state index in [1.54, 1.807) is 12.1 Å². The predicted molar refractivity (Wildman–Crippen MR) is 58.3 cm³/mol. The van der Waals surface area contributed by atoms with Gasteiger partial charge in [0, 0.05) is 10.4 Å². The molecule has 0 heterocycles. The molecule has 0 saturated carbocycles. The summed E-state index contributed by atoms with van der Waals surface area (Å²) in [6.45, 7) is 0. The standard InChI is InChI=1S/C10H9BrClN/c11-6-2-4-9-8(7-13)3-1-5-10(9)12/h1,3,5H,2,4,6H2. The molecule has 0 aliphatic carbocycles. The smallest absolute Gasteiger partial charge is 0.0995 e. The van der Waals surface area contributed by atoms with Crippen LogP contribution in [-0.2, 0) is 6.42 Å². The van der Waals surface area contributed by atoms with Gasteiger partial charge in [0.2, 0.25) is 0 Å². The highest BCUT2D eigenvalue weighted by Gasteiger charge is 2.05. The second-order valence-electron chi connectivity index (χ2n) is 2.67. The zero-order chi connectivity index (χ0) is 9.68. The minimum atomic E-state index is 0.688. The minimum Gasteiger partial charge on any atom is -0.192 e. The molecule has 0 saturated heterocycles. The zero-order valence-electron chi connectivity index (χ0n) is 7.06. The fraction of sp³-hybridized carbons (Fsp3) is 0.300. The zero-order valence-corrected chi connectivity index (χ0v) is 9.40. The number of benzene rings is 1. The molecule has 1 rings (SSSR count). The van der Waals surface area contributed by atoms with Gasteiger partial charge in [-0.15, -0.1) is 0 Å². The van der Waals surface area contributed by atoms with Crippen LogP contribution in [0.2, 0.25) is 5.02 Å². The van der Waals surface area contributed by atoms with Gasteiger partial charge in [-0.25, -0.2) is 0 Å². The fourth-order valence-corrected chi connectivity index (χ4v) is 1.71. The first-order valence-electron chi connectivity index (χ1n) is 4.03. The van der Waals surface area contributed by atoms with E-state index in [2.05, 4.69) is 22.0 Å². The van der Waals surface area contributed by atoms with E-state index in [0.717, 1.165) is 23.7 Å². The van der Waals surface area contributed by atoms with Crippen molar-refractivity contribution in [2.24, 2.45) is 0 Å². The maximum absolute atomic E-state index is 8.82. The van der Waals surface area contributed by atoms with Gasteiger partial charge in [0.05, 0.1) is 11.6 Å². The first-order chi connectivity index (χ1) is 6.29. The van der Waals surface area contributed by atoms with Crippen LogP contribution in [0.5, 0.6) is 0 Å². The van der Waals surface area contributed by atoms with E-state index in [-0.39, 0.29) is 0 Å². The van der Waals surface area contributed by atoms with Gasteiger partial charge in [-0.1, -0.05) is 33.6 Å². The van der Waals surface area contributed by atoms with E-state index in [4.69, 9.17) is 16.9 Å². The Kier molecular flexibility index (Phi) is 4.27. The molecule has 0 aromatic heterocycles. The van der Waals surface area contributed by atoms with Crippen LogP contribution in [0.3, 0.4) is 0 Å². The Morgan fingerprint density at radius 2 is 2.23 bits per heavy atom. The minimum absolute atomic E-state index is 0.688. The highest BCUT2D eigenvalue weighted by Crippen LogP contribution is 2.21. The number of rotatable bonds is 3. The van der Waals surface area contributed by atoms with E-state index in [9.17, 15) is 0 Å². The van der Waals surface area contributed by atoms with Gasteiger partial charge in [0.25, 0.3) is 0 Å². The molecule has 1 nitrogen and oxygen atoms in total. The third-order valence-electron chi connectivity index (χ3n) is 1.80. The summed E-state index contributed by atoms with van der Waals surface area (Å²) in [5, 5.41) is 10.4. The summed E-state index contributed by atoms with van der Waals surface area (Å²) >= 11 is 9.33. The lowest BCUT2D eigenvalue weighted by Crippen LogP contribution is -1.92. The first kappa shape index (κ1) is 10.6. The summed E-state index contributed by atoms with van der Waals surface area (Å²) in [4.78, 5) is 0. The Hall–Kier alpha value is -0.520.